The topological polar surface area (TPSA) is 0 Å². The summed E-state index contributed by atoms with van der Waals surface area (Å²) < 4.78 is 0. The van der Waals surface area contributed by atoms with Crippen molar-refractivity contribution >= 4 is 35.2 Å². The Labute approximate surface area is 158 Å². The second kappa shape index (κ2) is 6.07. The zero-order valence-corrected chi connectivity index (χ0v) is 18.6. The average molecular weight is 480 g/mol. The molecule has 0 unspecified atom stereocenters. The van der Waals surface area contributed by atoms with Crippen LogP contribution >= 0.6 is 0 Å². The maximum absolute atomic E-state index is 2.46. The van der Waals surface area contributed by atoms with Gasteiger partial charge in [-0.1, -0.05) is 84.5 Å². The van der Waals surface area contributed by atoms with Gasteiger partial charge in [0.2, 0.25) is 0 Å². The Morgan fingerprint density at radius 2 is 1.65 bits per heavy atom. The van der Waals surface area contributed by atoms with Crippen molar-refractivity contribution < 1.29 is 25.8 Å². The predicted octanol–water partition coefficient (Wildman–Crippen LogP) is 6.30. The summed E-state index contributed by atoms with van der Waals surface area (Å²) in [6.45, 7) is 7.28. The molecule has 2 heteroatoms. The standard InChI is InChI=1S/C21H21Si.Hf/c1-22(2,3)17-12-11-16(13-17)19-9-6-10-20-18-8-5-4-7-15(18)14-21(19)20;/h4-10,12-14H,11H2,1-3H3;/q-1;. The zero-order valence-electron chi connectivity index (χ0n) is 14.0. The van der Waals surface area contributed by atoms with Crippen molar-refractivity contribution in [3.63, 3.8) is 0 Å². The molecule has 0 aromatic heterocycles. The summed E-state index contributed by atoms with van der Waals surface area (Å²) in [7, 11) is -1.21. The molecular weight excluding hydrogens is 459 g/mol. The van der Waals surface area contributed by atoms with Crippen molar-refractivity contribution in [2.45, 2.75) is 26.1 Å². The summed E-state index contributed by atoms with van der Waals surface area (Å²) >= 11 is 0. The molecule has 0 aliphatic heterocycles. The van der Waals surface area contributed by atoms with Crippen molar-refractivity contribution in [1.29, 1.82) is 0 Å². The fraction of sp³-hybridized carbons (Fsp3) is 0.190. The van der Waals surface area contributed by atoms with E-state index in [9.17, 15) is 0 Å². The molecule has 1 aliphatic carbocycles. The average Bonchev–Trinajstić information content (AvgIpc) is 3.11. The first kappa shape index (κ1) is 16.7. The van der Waals surface area contributed by atoms with Gasteiger partial charge in [-0.05, 0) is 6.42 Å². The third-order valence-electron chi connectivity index (χ3n) is 4.74. The molecule has 3 aromatic carbocycles. The van der Waals surface area contributed by atoms with Crippen molar-refractivity contribution in [3.8, 4) is 0 Å². The molecule has 0 amide bonds. The van der Waals surface area contributed by atoms with Crippen molar-refractivity contribution in [2.75, 3.05) is 0 Å². The quantitative estimate of drug-likeness (QED) is 0.299. The fourth-order valence-electron chi connectivity index (χ4n) is 3.50. The van der Waals surface area contributed by atoms with Gasteiger partial charge in [-0.3, -0.25) is 0 Å². The van der Waals surface area contributed by atoms with Gasteiger partial charge in [-0.25, -0.2) is 0 Å². The van der Waals surface area contributed by atoms with Crippen LogP contribution in [0.2, 0.25) is 19.6 Å². The Balaban J connectivity index is 0.00000156. The van der Waals surface area contributed by atoms with Crippen molar-refractivity contribution in [1.82, 2.24) is 0 Å². The van der Waals surface area contributed by atoms with E-state index in [-0.39, 0.29) is 25.8 Å². The van der Waals surface area contributed by atoms with E-state index in [4.69, 9.17) is 0 Å². The van der Waals surface area contributed by atoms with Gasteiger partial charge in [0, 0.05) is 25.8 Å². The van der Waals surface area contributed by atoms with Crippen LogP contribution in [-0.2, 0) is 25.8 Å². The van der Waals surface area contributed by atoms with Gasteiger partial charge in [0.15, 0.2) is 0 Å². The first-order valence-corrected chi connectivity index (χ1v) is 11.5. The smallest absolute Gasteiger partial charge is 0.0771 e. The van der Waals surface area contributed by atoms with Crippen molar-refractivity contribution in [3.05, 3.63) is 71.4 Å². The number of fused-ring (bicyclic) bond motifs is 3. The van der Waals surface area contributed by atoms with E-state index in [0.717, 1.165) is 6.42 Å². The maximum Gasteiger partial charge on any atom is 0.0771 e. The van der Waals surface area contributed by atoms with Gasteiger partial charge in [0.25, 0.3) is 0 Å². The van der Waals surface area contributed by atoms with Gasteiger partial charge < -0.3 is 0 Å². The van der Waals surface area contributed by atoms with E-state index < -0.39 is 8.07 Å². The molecule has 1 aliphatic rings. The summed E-state index contributed by atoms with van der Waals surface area (Å²) in [5.41, 5.74) is 2.90. The molecule has 0 saturated heterocycles. The van der Waals surface area contributed by atoms with E-state index >= 15 is 0 Å². The van der Waals surface area contributed by atoms with Gasteiger partial charge in [0.05, 0.1) is 8.07 Å². The third-order valence-corrected chi connectivity index (χ3v) is 6.82. The third kappa shape index (κ3) is 2.87. The number of allylic oxidation sites excluding steroid dienone is 4. The Kier molecular flexibility index (Phi) is 4.41. The van der Waals surface area contributed by atoms with E-state index in [1.807, 2.05) is 0 Å². The minimum absolute atomic E-state index is 0. The van der Waals surface area contributed by atoms with E-state index in [1.54, 1.807) is 5.20 Å². The molecule has 23 heavy (non-hydrogen) atoms. The van der Waals surface area contributed by atoms with Crippen LogP contribution in [0.4, 0.5) is 0 Å². The molecule has 0 bridgehead atoms. The number of benzene rings is 2. The molecule has 0 atom stereocenters. The number of hydrogen-bond acceptors (Lipinski definition) is 0. The zero-order chi connectivity index (χ0) is 15.3. The van der Waals surface area contributed by atoms with Gasteiger partial charge >= 0.3 is 0 Å². The molecule has 0 radical (unpaired) electrons. The molecular formula is C21H21HfSi-. The number of rotatable bonds is 2. The molecule has 0 saturated carbocycles. The minimum Gasteiger partial charge on any atom is -0.126 e. The molecule has 4 rings (SSSR count). The van der Waals surface area contributed by atoms with Crippen LogP contribution < -0.4 is 0 Å². The van der Waals surface area contributed by atoms with Gasteiger partial charge in [-0.15, -0.1) is 33.7 Å². The molecule has 0 nitrogen and oxygen atoms in total. The van der Waals surface area contributed by atoms with E-state index in [1.165, 1.54) is 32.7 Å². The Morgan fingerprint density at radius 1 is 0.913 bits per heavy atom. The molecule has 114 valence electrons. The van der Waals surface area contributed by atoms with E-state index in [2.05, 4.69) is 80.3 Å². The summed E-state index contributed by atoms with van der Waals surface area (Å²) in [4.78, 5) is 0. The normalized spacial score (nSPS) is 14.7. The largest absolute Gasteiger partial charge is 0.126 e. The fourth-order valence-corrected chi connectivity index (χ4v) is 4.82. The summed E-state index contributed by atoms with van der Waals surface area (Å²) in [6, 6.07) is 17.8. The molecule has 0 N–H and O–H groups in total. The van der Waals surface area contributed by atoms with E-state index in [0.29, 0.717) is 0 Å². The van der Waals surface area contributed by atoms with Crippen LogP contribution in [0.1, 0.15) is 12.0 Å². The molecule has 0 heterocycles. The van der Waals surface area contributed by atoms with Gasteiger partial charge in [-0.2, -0.15) is 0 Å². The molecule has 3 aromatic rings. The van der Waals surface area contributed by atoms with Gasteiger partial charge in [0.1, 0.15) is 0 Å². The second-order valence-corrected chi connectivity index (χ2v) is 12.4. The monoisotopic (exact) mass is 481 g/mol. The summed E-state index contributed by atoms with van der Waals surface area (Å²) in [5.74, 6) is 0. The van der Waals surface area contributed by atoms with Crippen LogP contribution in [0, 0.1) is 0 Å². The van der Waals surface area contributed by atoms with Crippen LogP contribution in [0.25, 0.3) is 27.1 Å². The molecule has 0 spiro atoms. The summed E-state index contributed by atoms with van der Waals surface area (Å²) in [5, 5.41) is 7.10. The predicted molar refractivity (Wildman–Crippen MR) is 101 cm³/mol. The number of hydrogen-bond donors (Lipinski definition) is 0. The van der Waals surface area contributed by atoms with Crippen molar-refractivity contribution in [2.24, 2.45) is 0 Å². The Hall–Kier alpha value is -1.12. The first-order valence-electron chi connectivity index (χ1n) is 8.03. The van der Waals surface area contributed by atoms with Crippen LogP contribution in [0.3, 0.4) is 0 Å². The Morgan fingerprint density at radius 3 is 2.39 bits per heavy atom. The van der Waals surface area contributed by atoms with Crippen LogP contribution in [-0.4, -0.2) is 8.07 Å². The maximum atomic E-state index is 2.46. The minimum atomic E-state index is -1.21. The SMILES string of the molecule is C[Si](C)(C)C1=CCC(c2cccc3c2[cH-]c2ccccc23)=C1.[Hf]. The van der Waals surface area contributed by atoms with Crippen LogP contribution in [0.5, 0.6) is 0 Å². The molecule has 0 fully saturated rings. The first-order chi connectivity index (χ1) is 10.5. The van der Waals surface area contributed by atoms with Crippen LogP contribution in [0.15, 0.2) is 65.9 Å². The second-order valence-electron chi connectivity index (χ2n) is 7.28. The Bertz CT molecular complexity index is 935. The summed E-state index contributed by atoms with van der Waals surface area (Å²) in [6.07, 6.45) is 5.99.